The van der Waals surface area contributed by atoms with Gasteiger partial charge in [0.05, 0.1) is 29.6 Å². The molecule has 104 valence electrons. The van der Waals surface area contributed by atoms with Crippen LogP contribution in [0.15, 0.2) is 44.5 Å². The summed E-state index contributed by atoms with van der Waals surface area (Å²) >= 11 is 3.38. The van der Waals surface area contributed by atoms with Gasteiger partial charge in [0.1, 0.15) is 11.5 Å². The second kappa shape index (κ2) is 6.38. The van der Waals surface area contributed by atoms with Crippen LogP contribution in [0.3, 0.4) is 0 Å². The Morgan fingerprint density at radius 1 is 1.45 bits per heavy atom. The Hall–Kier alpha value is -2.08. The fourth-order valence-corrected chi connectivity index (χ4v) is 2.17. The molecular weight excluding hydrogens is 324 g/mol. The van der Waals surface area contributed by atoms with Gasteiger partial charge in [-0.3, -0.25) is 4.79 Å². The third-order valence-corrected chi connectivity index (χ3v) is 3.28. The van der Waals surface area contributed by atoms with E-state index < -0.39 is 0 Å². The molecule has 0 saturated heterocycles. The summed E-state index contributed by atoms with van der Waals surface area (Å²) in [5, 5.41) is 3.91. The molecule has 0 unspecified atom stereocenters. The van der Waals surface area contributed by atoms with Gasteiger partial charge in [-0.1, -0.05) is 0 Å². The predicted molar refractivity (Wildman–Crippen MR) is 79.2 cm³/mol. The number of hydrogen-bond acceptors (Lipinski definition) is 4. The standard InChI is InChI=1S/C14H13BrN2O3/c1-9-11(5-6-20-9)14(18)17-16-8-10-3-4-13(19-2)12(15)7-10/h3-8H,1-2H3,(H,17,18)/b16-8+. The summed E-state index contributed by atoms with van der Waals surface area (Å²) in [6.07, 6.45) is 3.02. The fraction of sp³-hybridized carbons (Fsp3) is 0.143. The molecule has 0 bridgehead atoms. The van der Waals surface area contributed by atoms with Crippen LogP contribution in [0.25, 0.3) is 0 Å². The number of aryl methyl sites for hydroxylation is 1. The number of hydrogen-bond donors (Lipinski definition) is 1. The van der Waals surface area contributed by atoms with Crippen LogP contribution in [0.4, 0.5) is 0 Å². The van der Waals surface area contributed by atoms with E-state index in [9.17, 15) is 4.79 Å². The lowest BCUT2D eigenvalue weighted by atomic mass is 10.2. The first kappa shape index (κ1) is 14.3. The van der Waals surface area contributed by atoms with Crippen LogP contribution in [0.1, 0.15) is 21.7 Å². The van der Waals surface area contributed by atoms with Gasteiger partial charge in [0.25, 0.3) is 5.91 Å². The summed E-state index contributed by atoms with van der Waals surface area (Å²) in [5.41, 5.74) is 3.75. The highest BCUT2D eigenvalue weighted by atomic mass is 79.9. The van der Waals surface area contributed by atoms with Crippen LogP contribution in [-0.2, 0) is 0 Å². The van der Waals surface area contributed by atoms with Crippen molar-refractivity contribution >= 4 is 28.1 Å². The SMILES string of the molecule is COc1ccc(/C=N/NC(=O)c2ccoc2C)cc1Br. The molecule has 0 saturated carbocycles. The van der Waals surface area contributed by atoms with E-state index >= 15 is 0 Å². The van der Waals surface area contributed by atoms with E-state index in [4.69, 9.17) is 9.15 Å². The quantitative estimate of drug-likeness (QED) is 0.689. The van der Waals surface area contributed by atoms with Gasteiger partial charge >= 0.3 is 0 Å². The molecule has 0 radical (unpaired) electrons. The molecule has 0 aliphatic carbocycles. The zero-order valence-electron chi connectivity index (χ0n) is 11.0. The minimum absolute atomic E-state index is 0.305. The lowest BCUT2D eigenvalue weighted by Gasteiger charge is -2.03. The molecule has 1 aromatic carbocycles. The highest BCUT2D eigenvalue weighted by molar-refractivity contribution is 9.10. The molecule has 20 heavy (non-hydrogen) atoms. The van der Waals surface area contributed by atoms with Crippen molar-refractivity contribution in [3.8, 4) is 5.75 Å². The van der Waals surface area contributed by atoms with Gasteiger partial charge in [-0.25, -0.2) is 5.43 Å². The lowest BCUT2D eigenvalue weighted by Crippen LogP contribution is -2.17. The van der Waals surface area contributed by atoms with E-state index in [0.717, 1.165) is 15.8 Å². The third kappa shape index (κ3) is 3.27. The number of ether oxygens (including phenoxy) is 1. The second-order valence-electron chi connectivity index (χ2n) is 3.98. The van der Waals surface area contributed by atoms with Crippen LogP contribution in [0.2, 0.25) is 0 Å². The number of hydrazone groups is 1. The summed E-state index contributed by atoms with van der Waals surface area (Å²) in [6, 6.07) is 7.09. The number of nitrogens with one attached hydrogen (secondary N) is 1. The van der Waals surface area contributed by atoms with Crippen molar-refractivity contribution in [1.29, 1.82) is 0 Å². The zero-order valence-corrected chi connectivity index (χ0v) is 12.6. The average Bonchev–Trinajstić information content (AvgIpc) is 2.85. The van der Waals surface area contributed by atoms with Crippen molar-refractivity contribution in [3.05, 3.63) is 51.9 Å². The lowest BCUT2D eigenvalue weighted by molar-refractivity contribution is 0.0953. The van der Waals surface area contributed by atoms with E-state index in [1.54, 1.807) is 26.3 Å². The van der Waals surface area contributed by atoms with Gasteiger partial charge in [0.15, 0.2) is 0 Å². The average molecular weight is 337 g/mol. The number of nitrogens with zero attached hydrogens (tertiary/aromatic N) is 1. The van der Waals surface area contributed by atoms with Crippen molar-refractivity contribution in [2.75, 3.05) is 7.11 Å². The molecule has 1 heterocycles. The van der Waals surface area contributed by atoms with E-state index in [1.165, 1.54) is 6.26 Å². The summed E-state index contributed by atoms with van der Waals surface area (Å²) in [5.74, 6) is 0.991. The molecule has 0 atom stereocenters. The topological polar surface area (TPSA) is 63.8 Å². The smallest absolute Gasteiger partial charge is 0.274 e. The maximum atomic E-state index is 11.8. The molecule has 2 aromatic rings. The molecule has 1 amide bonds. The first-order valence-electron chi connectivity index (χ1n) is 5.83. The van der Waals surface area contributed by atoms with E-state index in [1.807, 2.05) is 18.2 Å². The molecule has 0 spiro atoms. The molecule has 1 aromatic heterocycles. The van der Waals surface area contributed by atoms with Gasteiger partial charge in [0.2, 0.25) is 0 Å². The Balaban J connectivity index is 2.02. The van der Waals surface area contributed by atoms with E-state index in [2.05, 4.69) is 26.5 Å². The maximum absolute atomic E-state index is 11.8. The number of halogens is 1. The van der Waals surface area contributed by atoms with Crippen molar-refractivity contribution in [2.45, 2.75) is 6.92 Å². The minimum Gasteiger partial charge on any atom is -0.496 e. The number of methoxy groups -OCH3 is 1. The molecular formula is C14H13BrN2O3. The van der Waals surface area contributed by atoms with Crippen molar-refractivity contribution in [3.63, 3.8) is 0 Å². The van der Waals surface area contributed by atoms with Crippen molar-refractivity contribution < 1.29 is 13.9 Å². The van der Waals surface area contributed by atoms with Crippen LogP contribution in [-0.4, -0.2) is 19.2 Å². The molecule has 0 fully saturated rings. The van der Waals surface area contributed by atoms with Crippen LogP contribution < -0.4 is 10.2 Å². The number of furan rings is 1. The Morgan fingerprint density at radius 2 is 2.25 bits per heavy atom. The minimum atomic E-state index is -0.305. The number of rotatable bonds is 4. The van der Waals surface area contributed by atoms with E-state index in [0.29, 0.717) is 11.3 Å². The molecule has 1 N–H and O–H groups in total. The predicted octanol–water partition coefficient (Wildman–Crippen LogP) is 3.12. The number of amides is 1. The molecule has 0 aliphatic heterocycles. The first-order valence-corrected chi connectivity index (χ1v) is 6.62. The Labute approximate surface area is 124 Å². The van der Waals surface area contributed by atoms with Crippen LogP contribution in [0, 0.1) is 6.92 Å². The monoisotopic (exact) mass is 336 g/mol. The van der Waals surface area contributed by atoms with Gasteiger partial charge in [0, 0.05) is 0 Å². The summed E-state index contributed by atoms with van der Waals surface area (Å²) in [7, 11) is 1.60. The van der Waals surface area contributed by atoms with Crippen LogP contribution >= 0.6 is 15.9 Å². The molecule has 6 heteroatoms. The Bertz CT molecular complexity index is 650. The van der Waals surface area contributed by atoms with Crippen molar-refractivity contribution in [2.24, 2.45) is 5.10 Å². The molecule has 0 aliphatic rings. The van der Waals surface area contributed by atoms with Crippen LogP contribution in [0.5, 0.6) is 5.75 Å². The number of benzene rings is 1. The maximum Gasteiger partial charge on any atom is 0.274 e. The van der Waals surface area contributed by atoms with Gasteiger partial charge in [-0.15, -0.1) is 0 Å². The number of carbonyl (C=O) groups excluding carboxylic acids is 1. The molecule has 5 nitrogen and oxygen atoms in total. The third-order valence-electron chi connectivity index (χ3n) is 2.66. The highest BCUT2D eigenvalue weighted by Crippen LogP contribution is 2.24. The van der Waals surface area contributed by atoms with Gasteiger partial charge in [-0.05, 0) is 52.7 Å². The van der Waals surface area contributed by atoms with E-state index in [-0.39, 0.29) is 5.91 Å². The Morgan fingerprint density at radius 3 is 2.85 bits per heavy atom. The zero-order chi connectivity index (χ0) is 14.5. The number of carbonyl (C=O) groups is 1. The summed E-state index contributed by atoms with van der Waals surface area (Å²) in [4.78, 5) is 11.8. The largest absolute Gasteiger partial charge is 0.496 e. The first-order chi connectivity index (χ1) is 9.61. The van der Waals surface area contributed by atoms with Crippen molar-refractivity contribution in [1.82, 2.24) is 5.43 Å². The second-order valence-corrected chi connectivity index (χ2v) is 4.84. The summed E-state index contributed by atoms with van der Waals surface area (Å²) in [6.45, 7) is 1.72. The summed E-state index contributed by atoms with van der Waals surface area (Å²) < 4.78 is 11.0. The normalized spacial score (nSPS) is 10.8. The van der Waals surface area contributed by atoms with Gasteiger partial charge < -0.3 is 9.15 Å². The highest BCUT2D eigenvalue weighted by Gasteiger charge is 2.09. The molecule has 2 rings (SSSR count). The fourth-order valence-electron chi connectivity index (χ4n) is 1.61. The Kier molecular flexibility index (Phi) is 4.57. The van der Waals surface area contributed by atoms with Gasteiger partial charge in [-0.2, -0.15) is 5.10 Å².